The van der Waals surface area contributed by atoms with Crippen molar-refractivity contribution in [3.05, 3.63) is 0 Å². The summed E-state index contributed by atoms with van der Waals surface area (Å²) >= 11 is 0. The lowest BCUT2D eigenvalue weighted by Crippen LogP contribution is -2.50. The van der Waals surface area contributed by atoms with Gasteiger partial charge in [-0.2, -0.15) is 0 Å². The summed E-state index contributed by atoms with van der Waals surface area (Å²) in [5, 5.41) is 8.86. The van der Waals surface area contributed by atoms with Crippen LogP contribution in [0.2, 0.25) is 0 Å². The molecule has 1 saturated heterocycles. The van der Waals surface area contributed by atoms with E-state index in [-0.39, 0.29) is 18.6 Å². The van der Waals surface area contributed by atoms with Gasteiger partial charge in [0, 0.05) is 44.7 Å². The van der Waals surface area contributed by atoms with Gasteiger partial charge in [0.1, 0.15) is 0 Å². The molecule has 1 saturated carbocycles. The van der Waals surface area contributed by atoms with Crippen LogP contribution >= 0.6 is 0 Å². The average Bonchev–Trinajstić information content (AvgIpc) is 2.76. The van der Waals surface area contributed by atoms with Gasteiger partial charge in [-0.15, -0.1) is 0 Å². The van der Waals surface area contributed by atoms with Gasteiger partial charge < -0.3 is 15.7 Å². The lowest BCUT2D eigenvalue weighted by molar-refractivity contribution is -0.137. The highest BCUT2D eigenvalue weighted by molar-refractivity contribution is 5.79. The molecule has 1 amide bonds. The van der Waals surface area contributed by atoms with Gasteiger partial charge in [-0.1, -0.05) is 0 Å². The summed E-state index contributed by atoms with van der Waals surface area (Å²) in [5.41, 5.74) is 5.85. The van der Waals surface area contributed by atoms with Crippen molar-refractivity contribution in [2.75, 3.05) is 39.3 Å². The summed E-state index contributed by atoms with van der Waals surface area (Å²) in [5.74, 6) is 0.455. The molecule has 5 nitrogen and oxygen atoms in total. The van der Waals surface area contributed by atoms with Crippen molar-refractivity contribution in [1.82, 2.24) is 9.80 Å². The number of carbonyl (C=O) groups excluding carboxylic acids is 1. The third-order valence-corrected chi connectivity index (χ3v) is 3.92. The molecule has 98 valence electrons. The van der Waals surface area contributed by atoms with Crippen LogP contribution in [0.3, 0.4) is 0 Å². The van der Waals surface area contributed by atoms with E-state index in [0.717, 1.165) is 52.0 Å². The Kier molecular flexibility index (Phi) is 4.36. The first-order valence-corrected chi connectivity index (χ1v) is 6.58. The Morgan fingerprint density at radius 1 is 1.24 bits per heavy atom. The molecule has 0 spiro atoms. The van der Waals surface area contributed by atoms with Crippen molar-refractivity contribution >= 4 is 5.91 Å². The molecule has 0 unspecified atom stereocenters. The highest BCUT2D eigenvalue weighted by Crippen LogP contribution is 2.26. The number of β-amino-alcohol motifs (C(OH)–C–C–N with tert-alkyl or cyclic N) is 1. The number of aliphatic hydroxyl groups excluding tert-OH is 1. The molecule has 0 aromatic rings. The topological polar surface area (TPSA) is 69.8 Å². The van der Waals surface area contributed by atoms with Crippen LogP contribution < -0.4 is 5.73 Å². The third kappa shape index (κ3) is 3.18. The molecule has 0 aromatic carbocycles. The number of piperazine rings is 1. The van der Waals surface area contributed by atoms with Crippen LogP contribution in [0.5, 0.6) is 0 Å². The maximum absolute atomic E-state index is 12.2. The summed E-state index contributed by atoms with van der Waals surface area (Å²) < 4.78 is 0. The normalized spacial score (nSPS) is 30.8. The van der Waals surface area contributed by atoms with E-state index in [9.17, 15) is 4.79 Å². The first-order valence-electron chi connectivity index (χ1n) is 6.58. The van der Waals surface area contributed by atoms with E-state index in [2.05, 4.69) is 4.90 Å². The number of nitrogens with two attached hydrogens (primary N) is 1. The van der Waals surface area contributed by atoms with E-state index in [4.69, 9.17) is 10.8 Å². The number of hydrogen-bond donors (Lipinski definition) is 2. The molecule has 2 fully saturated rings. The third-order valence-electron chi connectivity index (χ3n) is 3.92. The van der Waals surface area contributed by atoms with Crippen molar-refractivity contribution in [3.8, 4) is 0 Å². The minimum absolute atomic E-state index is 0.161. The Labute approximate surface area is 103 Å². The minimum Gasteiger partial charge on any atom is -0.395 e. The predicted molar refractivity (Wildman–Crippen MR) is 65.4 cm³/mol. The summed E-state index contributed by atoms with van der Waals surface area (Å²) in [6, 6.07) is 0.222. The van der Waals surface area contributed by atoms with Crippen LogP contribution in [0.4, 0.5) is 0 Å². The molecular weight excluding hydrogens is 218 g/mol. The zero-order valence-electron chi connectivity index (χ0n) is 10.3. The van der Waals surface area contributed by atoms with Crippen molar-refractivity contribution < 1.29 is 9.90 Å². The fourth-order valence-corrected chi connectivity index (χ4v) is 2.83. The van der Waals surface area contributed by atoms with Crippen molar-refractivity contribution in [2.24, 2.45) is 11.7 Å². The maximum Gasteiger partial charge on any atom is 0.225 e. The zero-order valence-corrected chi connectivity index (χ0v) is 10.3. The Morgan fingerprint density at radius 2 is 1.94 bits per heavy atom. The summed E-state index contributed by atoms with van der Waals surface area (Å²) in [6.45, 7) is 4.27. The van der Waals surface area contributed by atoms with Gasteiger partial charge in [0.25, 0.3) is 0 Å². The standard InChI is InChI=1S/C12H23N3O2/c13-11-2-1-10(9-11)12(17)15-5-3-14(4-6-15)7-8-16/h10-11,16H,1-9,13H2/t10-,11+/m0/s1. The van der Waals surface area contributed by atoms with Gasteiger partial charge in [-0.05, 0) is 19.3 Å². The van der Waals surface area contributed by atoms with Crippen LogP contribution in [0.1, 0.15) is 19.3 Å². The molecule has 0 radical (unpaired) electrons. The largest absolute Gasteiger partial charge is 0.395 e. The lowest BCUT2D eigenvalue weighted by atomic mass is 10.1. The molecule has 1 heterocycles. The molecule has 3 N–H and O–H groups in total. The SMILES string of the molecule is N[C@@H]1CC[C@H](C(=O)N2CCN(CCO)CC2)C1. The van der Waals surface area contributed by atoms with Gasteiger partial charge in [0.15, 0.2) is 0 Å². The second-order valence-corrected chi connectivity index (χ2v) is 5.16. The number of rotatable bonds is 3. The lowest BCUT2D eigenvalue weighted by Gasteiger charge is -2.35. The predicted octanol–water partition coefficient (Wildman–Crippen LogP) is -0.750. The average molecular weight is 241 g/mol. The molecule has 2 atom stereocenters. The number of carbonyl (C=O) groups is 1. The van der Waals surface area contributed by atoms with Crippen molar-refractivity contribution in [2.45, 2.75) is 25.3 Å². The Morgan fingerprint density at radius 3 is 2.47 bits per heavy atom. The molecule has 17 heavy (non-hydrogen) atoms. The summed E-state index contributed by atoms with van der Waals surface area (Å²) in [6.07, 6.45) is 2.80. The maximum atomic E-state index is 12.2. The molecule has 2 rings (SSSR count). The number of amides is 1. The van der Waals surface area contributed by atoms with Crippen LogP contribution in [-0.4, -0.2) is 66.2 Å². The highest BCUT2D eigenvalue weighted by Gasteiger charge is 2.32. The Hall–Kier alpha value is -0.650. The van der Waals surface area contributed by atoms with E-state index in [1.807, 2.05) is 4.90 Å². The van der Waals surface area contributed by atoms with Gasteiger partial charge in [-0.3, -0.25) is 9.69 Å². The molecule has 5 heteroatoms. The van der Waals surface area contributed by atoms with E-state index in [0.29, 0.717) is 5.91 Å². The zero-order chi connectivity index (χ0) is 12.3. The van der Waals surface area contributed by atoms with E-state index >= 15 is 0 Å². The van der Waals surface area contributed by atoms with Crippen molar-refractivity contribution in [1.29, 1.82) is 0 Å². The van der Waals surface area contributed by atoms with Crippen LogP contribution in [0.15, 0.2) is 0 Å². The monoisotopic (exact) mass is 241 g/mol. The second kappa shape index (κ2) is 5.80. The second-order valence-electron chi connectivity index (χ2n) is 5.16. The molecule has 2 aliphatic rings. The minimum atomic E-state index is 0.161. The smallest absolute Gasteiger partial charge is 0.225 e. The van der Waals surface area contributed by atoms with Gasteiger partial charge in [-0.25, -0.2) is 0 Å². The molecule has 0 aromatic heterocycles. The van der Waals surface area contributed by atoms with E-state index in [1.54, 1.807) is 0 Å². The van der Waals surface area contributed by atoms with Crippen LogP contribution in [0, 0.1) is 5.92 Å². The quantitative estimate of drug-likeness (QED) is 0.682. The first kappa shape index (κ1) is 12.8. The van der Waals surface area contributed by atoms with Gasteiger partial charge >= 0.3 is 0 Å². The summed E-state index contributed by atoms with van der Waals surface area (Å²) in [4.78, 5) is 16.4. The molecular formula is C12H23N3O2. The molecule has 1 aliphatic heterocycles. The molecule has 0 bridgehead atoms. The fourth-order valence-electron chi connectivity index (χ4n) is 2.83. The Balaban J connectivity index is 1.78. The number of aliphatic hydroxyl groups is 1. The van der Waals surface area contributed by atoms with Crippen LogP contribution in [-0.2, 0) is 4.79 Å². The first-order chi connectivity index (χ1) is 8.20. The number of hydrogen-bond acceptors (Lipinski definition) is 4. The van der Waals surface area contributed by atoms with Crippen molar-refractivity contribution in [3.63, 3.8) is 0 Å². The van der Waals surface area contributed by atoms with Gasteiger partial charge in [0.2, 0.25) is 5.91 Å². The fraction of sp³-hybridized carbons (Fsp3) is 0.917. The molecule has 1 aliphatic carbocycles. The highest BCUT2D eigenvalue weighted by atomic mass is 16.3. The number of nitrogens with zero attached hydrogens (tertiary/aromatic N) is 2. The van der Waals surface area contributed by atoms with Gasteiger partial charge in [0.05, 0.1) is 6.61 Å². The van der Waals surface area contributed by atoms with Crippen LogP contribution in [0.25, 0.3) is 0 Å². The Bertz CT molecular complexity index is 264. The van der Waals surface area contributed by atoms with E-state index < -0.39 is 0 Å². The van der Waals surface area contributed by atoms with E-state index in [1.165, 1.54) is 0 Å². The summed E-state index contributed by atoms with van der Waals surface area (Å²) in [7, 11) is 0.